The van der Waals surface area contributed by atoms with E-state index in [1.165, 1.54) is 5.56 Å². The highest BCUT2D eigenvalue weighted by atomic mass is 79.9. The second kappa shape index (κ2) is 7.83. The average Bonchev–Trinajstić information content (AvgIpc) is 2.52. The minimum absolute atomic E-state index is 0.0702. The number of ether oxygens (including phenoxy) is 1. The van der Waals surface area contributed by atoms with Gasteiger partial charge in [-0.3, -0.25) is 0 Å². The number of rotatable bonds is 6. The van der Waals surface area contributed by atoms with Gasteiger partial charge >= 0.3 is 0 Å². The molecule has 0 saturated carbocycles. The van der Waals surface area contributed by atoms with Crippen molar-refractivity contribution in [2.24, 2.45) is 0 Å². The van der Waals surface area contributed by atoms with Gasteiger partial charge in [-0.15, -0.1) is 0 Å². The Labute approximate surface area is 139 Å². The zero-order chi connectivity index (χ0) is 15.2. The van der Waals surface area contributed by atoms with Crippen LogP contribution in [-0.2, 0) is 0 Å². The van der Waals surface area contributed by atoms with E-state index in [4.69, 9.17) is 16.3 Å². The molecular formula is C17H19BrClNO. The first-order chi connectivity index (χ1) is 10.2. The first-order valence-electron chi connectivity index (χ1n) is 6.98. The molecule has 0 heterocycles. The minimum atomic E-state index is 0.0702. The molecule has 2 aromatic carbocycles. The summed E-state index contributed by atoms with van der Waals surface area (Å²) in [5.74, 6) is 0.855. The van der Waals surface area contributed by atoms with Crippen molar-refractivity contribution in [1.29, 1.82) is 0 Å². The summed E-state index contributed by atoms with van der Waals surface area (Å²) in [7, 11) is 1.67. The van der Waals surface area contributed by atoms with Crippen LogP contribution in [0.25, 0.3) is 0 Å². The normalized spacial score (nSPS) is 12.2. The van der Waals surface area contributed by atoms with E-state index in [-0.39, 0.29) is 6.04 Å². The van der Waals surface area contributed by atoms with E-state index in [9.17, 15) is 0 Å². The Morgan fingerprint density at radius 2 is 1.90 bits per heavy atom. The third-order valence-electron chi connectivity index (χ3n) is 3.34. The maximum absolute atomic E-state index is 6.46. The van der Waals surface area contributed by atoms with Crippen molar-refractivity contribution >= 4 is 27.5 Å². The quantitative estimate of drug-likeness (QED) is 0.756. The number of nitrogens with one attached hydrogen (secondary N) is 1. The van der Waals surface area contributed by atoms with Gasteiger partial charge in [0, 0.05) is 4.47 Å². The van der Waals surface area contributed by atoms with Gasteiger partial charge in [0.1, 0.15) is 5.75 Å². The lowest BCUT2D eigenvalue weighted by molar-refractivity contribution is 0.414. The molecule has 2 aromatic rings. The minimum Gasteiger partial charge on any atom is -0.497 e. The summed E-state index contributed by atoms with van der Waals surface area (Å²) >= 11 is 9.96. The van der Waals surface area contributed by atoms with Crippen molar-refractivity contribution in [3.05, 3.63) is 63.1 Å². The highest BCUT2D eigenvalue weighted by Crippen LogP contribution is 2.33. The number of hydrogen-bond donors (Lipinski definition) is 1. The fourth-order valence-electron chi connectivity index (χ4n) is 2.24. The topological polar surface area (TPSA) is 21.3 Å². The smallest absolute Gasteiger partial charge is 0.118 e. The number of halogens is 2. The maximum Gasteiger partial charge on any atom is 0.118 e. The van der Waals surface area contributed by atoms with E-state index < -0.39 is 0 Å². The van der Waals surface area contributed by atoms with Gasteiger partial charge in [0.2, 0.25) is 0 Å². The Balaban J connectivity index is 2.39. The van der Waals surface area contributed by atoms with Crippen molar-refractivity contribution in [2.75, 3.05) is 13.7 Å². The molecule has 0 aliphatic rings. The summed E-state index contributed by atoms with van der Waals surface area (Å²) in [4.78, 5) is 0. The van der Waals surface area contributed by atoms with Gasteiger partial charge in [0.05, 0.1) is 18.2 Å². The van der Waals surface area contributed by atoms with Crippen molar-refractivity contribution < 1.29 is 4.74 Å². The molecule has 21 heavy (non-hydrogen) atoms. The van der Waals surface area contributed by atoms with Gasteiger partial charge in [0.15, 0.2) is 0 Å². The van der Waals surface area contributed by atoms with Crippen LogP contribution in [0.5, 0.6) is 5.75 Å². The molecule has 0 radical (unpaired) electrons. The molecule has 0 aliphatic carbocycles. The maximum atomic E-state index is 6.46. The Kier molecular flexibility index (Phi) is 6.09. The van der Waals surface area contributed by atoms with Gasteiger partial charge in [-0.05, 0) is 58.2 Å². The standard InChI is InChI=1S/C17H19BrClNO/c1-3-11-20-17(12-7-9-13(21-2)10-8-12)14-5-4-6-15(18)16(14)19/h4-10,17,20H,3,11H2,1-2H3. The third-order valence-corrected chi connectivity index (χ3v) is 4.65. The lowest BCUT2D eigenvalue weighted by Crippen LogP contribution is -2.23. The number of methoxy groups -OCH3 is 1. The summed E-state index contributed by atoms with van der Waals surface area (Å²) in [6, 6.07) is 14.2. The van der Waals surface area contributed by atoms with Crippen molar-refractivity contribution in [3.63, 3.8) is 0 Å². The van der Waals surface area contributed by atoms with Crippen molar-refractivity contribution in [1.82, 2.24) is 5.32 Å². The largest absolute Gasteiger partial charge is 0.497 e. The van der Waals surface area contributed by atoms with Crippen LogP contribution in [0.3, 0.4) is 0 Å². The number of benzene rings is 2. The molecule has 4 heteroatoms. The summed E-state index contributed by atoms with van der Waals surface area (Å²) in [5.41, 5.74) is 2.24. The predicted octanol–water partition coefficient (Wildman–Crippen LogP) is 5.20. The molecule has 0 aliphatic heterocycles. The van der Waals surface area contributed by atoms with Crippen LogP contribution in [0.1, 0.15) is 30.5 Å². The molecule has 0 spiro atoms. The second-order valence-corrected chi connectivity index (χ2v) is 6.04. The van der Waals surface area contributed by atoms with Gasteiger partial charge in [-0.25, -0.2) is 0 Å². The molecule has 2 nitrogen and oxygen atoms in total. The van der Waals surface area contributed by atoms with Gasteiger partial charge in [-0.1, -0.05) is 42.8 Å². The highest BCUT2D eigenvalue weighted by molar-refractivity contribution is 9.10. The van der Waals surface area contributed by atoms with Crippen LogP contribution in [0.4, 0.5) is 0 Å². The van der Waals surface area contributed by atoms with E-state index in [1.807, 2.05) is 24.3 Å². The first kappa shape index (κ1) is 16.3. The fraction of sp³-hybridized carbons (Fsp3) is 0.294. The van der Waals surface area contributed by atoms with E-state index in [0.29, 0.717) is 0 Å². The average molecular weight is 369 g/mol. The SMILES string of the molecule is CCCNC(c1ccc(OC)cc1)c1cccc(Br)c1Cl. The molecule has 1 unspecified atom stereocenters. The highest BCUT2D eigenvalue weighted by Gasteiger charge is 2.17. The van der Waals surface area contributed by atoms with Crippen LogP contribution in [-0.4, -0.2) is 13.7 Å². The van der Waals surface area contributed by atoms with Crippen LogP contribution < -0.4 is 10.1 Å². The fourth-order valence-corrected chi connectivity index (χ4v) is 2.85. The lowest BCUT2D eigenvalue weighted by Gasteiger charge is -2.21. The van der Waals surface area contributed by atoms with Crippen LogP contribution in [0, 0.1) is 0 Å². The number of hydrogen-bond acceptors (Lipinski definition) is 2. The van der Waals surface area contributed by atoms with E-state index >= 15 is 0 Å². The molecule has 0 aromatic heterocycles. The lowest BCUT2D eigenvalue weighted by atomic mass is 9.98. The van der Waals surface area contributed by atoms with Crippen molar-refractivity contribution in [2.45, 2.75) is 19.4 Å². The third kappa shape index (κ3) is 4.00. The molecule has 1 N–H and O–H groups in total. The van der Waals surface area contributed by atoms with Gasteiger partial charge in [0.25, 0.3) is 0 Å². The van der Waals surface area contributed by atoms with Gasteiger partial charge < -0.3 is 10.1 Å². The predicted molar refractivity (Wildman–Crippen MR) is 92.3 cm³/mol. The summed E-state index contributed by atoms with van der Waals surface area (Å²) < 4.78 is 6.14. The monoisotopic (exact) mass is 367 g/mol. The molecule has 112 valence electrons. The van der Waals surface area contributed by atoms with Crippen LogP contribution in [0.2, 0.25) is 5.02 Å². The molecule has 0 bridgehead atoms. The Morgan fingerprint density at radius 1 is 1.19 bits per heavy atom. The summed E-state index contributed by atoms with van der Waals surface area (Å²) in [5, 5.41) is 4.31. The molecule has 1 atom stereocenters. The van der Waals surface area contributed by atoms with Crippen molar-refractivity contribution in [3.8, 4) is 5.75 Å². The Morgan fingerprint density at radius 3 is 2.52 bits per heavy atom. The Hall–Kier alpha value is -1.03. The van der Waals surface area contributed by atoms with E-state index in [1.54, 1.807) is 7.11 Å². The Bertz CT molecular complexity index is 586. The van der Waals surface area contributed by atoms with Crippen LogP contribution in [0.15, 0.2) is 46.9 Å². The van der Waals surface area contributed by atoms with Gasteiger partial charge in [-0.2, -0.15) is 0 Å². The van der Waals surface area contributed by atoms with Crippen LogP contribution >= 0.6 is 27.5 Å². The first-order valence-corrected chi connectivity index (χ1v) is 8.15. The summed E-state index contributed by atoms with van der Waals surface area (Å²) in [6.07, 6.45) is 1.07. The molecule has 2 rings (SSSR count). The zero-order valence-corrected chi connectivity index (χ0v) is 14.5. The molecular weight excluding hydrogens is 350 g/mol. The summed E-state index contributed by atoms with van der Waals surface area (Å²) in [6.45, 7) is 3.08. The molecule has 0 amide bonds. The van der Waals surface area contributed by atoms with E-state index in [2.05, 4.69) is 46.4 Å². The molecule has 0 saturated heterocycles. The van der Waals surface area contributed by atoms with E-state index in [0.717, 1.165) is 33.8 Å². The second-order valence-electron chi connectivity index (χ2n) is 4.80. The zero-order valence-electron chi connectivity index (χ0n) is 12.2. The molecule has 0 fully saturated rings.